The van der Waals surface area contributed by atoms with Crippen LogP contribution in [0.4, 0.5) is 13.2 Å². The molecule has 2 rings (SSSR count). The van der Waals surface area contributed by atoms with Crippen LogP contribution in [0.2, 0.25) is 0 Å². The minimum Gasteiger partial charge on any atom is -0.271 e. The molecule has 1 atom stereocenters. The number of nitrogens with one attached hydrogen (secondary N) is 1. The number of benzene rings is 1. The van der Waals surface area contributed by atoms with Gasteiger partial charge in [0.2, 0.25) is 0 Å². The van der Waals surface area contributed by atoms with Gasteiger partial charge in [-0.1, -0.05) is 15.9 Å². The number of alkyl halides is 3. The lowest BCUT2D eigenvalue weighted by Gasteiger charge is -2.19. The van der Waals surface area contributed by atoms with E-state index < -0.39 is 17.8 Å². The molecule has 0 saturated heterocycles. The molecule has 3 N–H and O–H groups in total. The molecular formula is C13H11Br2F3N2S. The zero-order valence-corrected chi connectivity index (χ0v) is 14.5. The van der Waals surface area contributed by atoms with Gasteiger partial charge >= 0.3 is 6.18 Å². The predicted octanol–water partition coefficient (Wildman–Crippen LogP) is 5.04. The smallest absolute Gasteiger partial charge is 0.271 e. The summed E-state index contributed by atoms with van der Waals surface area (Å²) in [5, 5.41) is 0. The molecule has 8 heteroatoms. The molecule has 0 radical (unpaired) electrons. The summed E-state index contributed by atoms with van der Waals surface area (Å²) >= 11 is 8.17. The normalized spacial score (nSPS) is 13.4. The van der Waals surface area contributed by atoms with Gasteiger partial charge in [0.25, 0.3) is 0 Å². The van der Waals surface area contributed by atoms with Crippen LogP contribution in [0.5, 0.6) is 0 Å². The molecule has 1 aromatic heterocycles. The Labute approximate surface area is 140 Å². The highest BCUT2D eigenvalue weighted by Crippen LogP contribution is 2.35. The lowest BCUT2D eigenvalue weighted by molar-refractivity contribution is -0.137. The molecular weight excluding hydrogens is 433 g/mol. The third-order valence-corrected chi connectivity index (χ3v) is 5.30. The van der Waals surface area contributed by atoms with E-state index in [0.717, 1.165) is 20.8 Å². The molecule has 2 aromatic rings. The summed E-state index contributed by atoms with van der Waals surface area (Å²) < 4.78 is 40.0. The Morgan fingerprint density at radius 1 is 1.19 bits per heavy atom. The van der Waals surface area contributed by atoms with Crippen LogP contribution in [0.1, 0.15) is 22.0 Å². The summed E-state index contributed by atoms with van der Waals surface area (Å²) in [6.45, 7) is 0. The molecule has 0 aliphatic rings. The van der Waals surface area contributed by atoms with Crippen molar-refractivity contribution in [3.8, 4) is 0 Å². The number of hydrogen-bond acceptors (Lipinski definition) is 3. The minimum atomic E-state index is -4.37. The van der Waals surface area contributed by atoms with Crippen molar-refractivity contribution in [1.29, 1.82) is 0 Å². The van der Waals surface area contributed by atoms with Crippen molar-refractivity contribution in [1.82, 2.24) is 5.43 Å². The van der Waals surface area contributed by atoms with E-state index in [0.29, 0.717) is 16.5 Å². The molecule has 2 nitrogen and oxygen atoms in total. The fraction of sp³-hybridized carbons (Fsp3) is 0.231. The number of rotatable bonds is 4. The average Bonchev–Trinajstić information content (AvgIpc) is 2.81. The number of thiophene rings is 1. The zero-order chi connectivity index (χ0) is 15.6. The predicted molar refractivity (Wildman–Crippen MR) is 84.9 cm³/mol. The quantitative estimate of drug-likeness (QED) is 0.513. The Morgan fingerprint density at radius 2 is 1.90 bits per heavy atom. The average molecular weight is 444 g/mol. The van der Waals surface area contributed by atoms with Crippen LogP contribution in [0.25, 0.3) is 0 Å². The largest absolute Gasteiger partial charge is 0.416 e. The van der Waals surface area contributed by atoms with Gasteiger partial charge < -0.3 is 0 Å². The number of nitrogens with two attached hydrogens (primary N) is 1. The lowest BCUT2D eigenvalue weighted by atomic mass is 10.0. The van der Waals surface area contributed by atoms with E-state index >= 15 is 0 Å². The summed E-state index contributed by atoms with van der Waals surface area (Å²) in [5.74, 6) is 5.53. The first kappa shape index (κ1) is 17.0. The molecule has 1 heterocycles. The maximum Gasteiger partial charge on any atom is 0.416 e. The van der Waals surface area contributed by atoms with E-state index in [1.54, 1.807) is 0 Å². The summed E-state index contributed by atoms with van der Waals surface area (Å²) in [7, 11) is 0. The van der Waals surface area contributed by atoms with Crippen LogP contribution in [-0.4, -0.2) is 0 Å². The fourth-order valence-corrected chi connectivity index (χ4v) is 3.96. The van der Waals surface area contributed by atoms with Crippen LogP contribution in [0.15, 0.2) is 38.6 Å². The standard InChI is InChI=1S/C13H11Br2F3N2S/c14-10-3-1-7(13(16,17)18)5-9(10)11(20-19)6-8-2-4-12(15)21-8/h1-5,11,20H,6,19H2. The second kappa shape index (κ2) is 6.78. The van der Waals surface area contributed by atoms with Gasteiger partial charge in [-0.15, -0.1) is 11.3 Å². The molecule has 0 fully saturated rings. The lowest BCUT2D eigenvalue weighted by Crippen LogP contribution is -2.30. The second-order valence-electron chi connectivity index (χ2n) is 4.36. The maximum atomic E-state index is 12.8. The molecule has 0 bridgehead atoms. The van der Waals surface area contributed by atoms with Crippen molar-refractivity contribution in [3.63, 3.8) is 0 Å². The Kier molecular flexibility index (Phi) is 5.48. The number of halogens is 5. The summed E-state index contributed by atoms with van der Waals surface area (Å²) in [5.41, 5.74) is 2.39. The maximum absolute atomic E-state index is 12.8. The highest BCUT2D eigenvalue weighted by atomic mass is 79.9. The summed E-state index contributed by atoms with van der Waals surface area (Å²) in [6, 6.07) is 6.97. The van der Waals surface area contributed by atoms with Crippen molar-refractivity contribution >= 4 is 43.2 Å². The zero-order valence-electron chi connectivity index (χ0n) is 10.5. The van der Waals surface area contributed by atoms with Crippen LogP contribution in [0, 0.1) is 0 Å². The molecule has 0 spiro atoms. The third-order valence-electron chi connectivity index (χ3n) is 2.93. The SMILES string of the molecule is NNC(Cc1ccc(Br)s1)c1cc(C(F)(F)F)ccc1Br. The van der Waals surface area contributed by atoms with Gasteiger partial charge in [-0.25, -0.2) is 0 Å². The molecule has 21 heavy (non-hydrogen) atoms. The Morgan fingerprint density at radius 3 is 2.43 bits per heavy atom. The number of hydrazine groups is 1. The van der Waals surface area contributed by atoms with Crippen LogP contribution < -0.4 is 11.3 Å². The Balaban J connectivity index is 2.33. The monoisotopic (exact) mass is 442 g/mol. The summed E-state index contributed by atoms with van der Waals surface area (Å²) in [4.78, 5) is 1.02. The van der Waals surface area contributed by atoms with E-state index in [1.165, 1.54) is 17.4 Å². The minimum absolute atomic E-state index is 0.410. The van der Waals surface area contributed by atoms with Gasteiger partial charge in [0.1, 0.15) is 0 Å². The first-order valence-corrected chi connectivity index (χ1v) is 8.28. The molecule has 1 unspecified atom stereocenters. The molecule has 0 amide bonds. The van der Waals surface area contributed by atoms with Crippen molar-refractivity contribution in [2.45, 2.75) is 18.6 Å². The topological polar surface area (TPSA) is 38.0 Å². The second-order valence-corrected chi connectivity index (χ2v) is 7.77. The first-order chi connectivity index (χ1) is 9.81. The molecule has 0 aliphatic carbocycles. The van der Waals surface area contributed by atoms with Crippen LogP contribution in [0.3, 0.4) is 0 Å². The van der Waals surface area contributed by atoms with Crippen molar-refractivity contribution in [3.05, 3.63) is 54.6 Å². The first-order valence-electron chi connectivity index (χ1n) is 5.88. The van der Waals surface area contributed by atoms with E-state index in [1.807, 2.05) is 12.1 Å². The van der Waals surface area contributed by atoms with Gasteiger partial charge in [0.15, 0.2) is 0 Å². The van der Waals surface area contributed by atoms with Crippen LogP contribution >= 0.6 is 43.2 Å². The van der Waals surface area contributed by atoms with E-state index in [2.05, 4.69) is 37.3 Å². The van der Waals surface area contributed by atoms with Gasteiger partial charge in [0.05, 0.1) is 15.4 Å². The van der Waals surface area contributed by atoms with E-state index in [-0.39, 0.29) is 0 Å². The van der Waals surface area contributed by atoms with E-state index in [4.69, 9.17) is 5.84 Å². The molecule has 0 saturated carbocycles. The van der Waals surface area contributed by atoms with Crippen molar-refractivity contribution < 1.29 is 13.2 Å². The Hall–Kier alpha value is -0.410. The summed E-state index contributed by atoms with van der Waals surface area (Å²) in [6.07, 6.45) is -3.87. The molecule has 1 aromatic carbocycles. The van der Waals surface area contributed by atoms with Crippen molar-refractivity contribution in [2.24, 2.45) is 5.84 Å². The van der Waals surface area contributed by atoms with Gasteiger partial charge in [-0.05, 0) is 51.8 Å². The van der Waals surface area contributed by atoms with Crippen LogP contribution in [-0.2, 0) is 12.6 Å². The van der Waals surface area contributed by atoms with Gasteiger partial charge in [-0.3, -0.25) is 11.3 Å². The molecule has 114 valence electrons. The molecule has 0 aliphatic heterocycles. The van der Waals surface area contributed by atoms with Gasteiger partial charge in [-0.2, -0.15) is 13.2 Å². The number of hydrogen-bond donors (Lipinski definition) is 2. The fourth-order valence-electron chi connectivity index (χ4n) is 1.91. The van der Waals surface area contributed by atoms with Gasteiger partial charge in [0, 0.05) is 15.8 Å². The third kappa shape index (κ3) is 4.29. The highest BCUT2D eigenvalue weighted by molar-refractivity contribution is 9.11. The highest BCUT2D eigenvalue weighted by Gasteiger charge is 2.31. The van der Waals surface area contributed by atoms with Crippen molar-refractivity contribution in [2.75, 3.05) is 0 Å². The van der Waals surface area contributed by atoms with E-state index in [9.17, 15) is 13.2 Å². The Bertz CT molecular complexity index is 628.